The minimum absolute atomic E-state index is 0. The zero-order chi connectivity index (χ0) is 15.4. The van der Waals surface area contributed by atoms with Crippen molar-refractivity contribution in [2.45, 2.75) is 12.5 Å². The van der Waals surface area contributed by atoms with Crippen LogP contribution in [-0.2, 0) is 0 Å². The van der Waals surface area contributed by atoms with Crippen molar-refractivity contribution in [3.8, 4) is 5.75 Å². The molecule has 1 saturated heterocycles. The summed E-state index contributed by atoms with van der Waals surface area (Å²) in [5.74, 6) is -1.19. The standard InChI is InChI=1S/C14H18FN3O3.2ClH/c1-2-3-12(17-6-4-16-5-7-17)11-8-10(15)9-13(14(11)19)18(20)21;;/h2,8-9,12,16,19H,1,3-7H2;2*1H/t12-;;/m0../s1. The summed E-state index contributed by atoms with van der Waals surface area (Å²) in [6.07, 6.45) is 2.15. The first-order valence-electron chi connectivity index (χ1n) is 6.77. The van der Waals surface area contributed by atoms with Crippen LogP contribution in [0.25, 0.3) is 0 Å². The number of aromatic hydroxyl groups is 1. The summed E-state index contributed by atoms with van der Waals surface area (Å²) in [5.41, 5.74) is -0.363. The summed E-state index contributed by atoms with van der Waals surface area (Å²) < 4.78 is 13.7. The molecular weight excluding hydrogens is 348 g/mol. The van der Waals surface area contributed by atoms with E-state index in [1.165, 1.54) is 6.07 Å². The Morgan fingerprint density at radius 3 is 2.57 bits per heavy atom. The maximum Gasteiger partial charge on any atom is 0.313 e. The SMILES string of the molecule is C=CC[C@@H](c1cc(F)cc([N+](=O)[O-])c1O)N1CCNCC1.Cl.Cl. The van der Waals surface area contributed by atoms with Gasteiger partial charge in [-0.25, -0.2) is 4.39 Å². The Bertz CT molecular complexity index is 554. The van der Waals surface area contributed by atoms with Crippen molar-refractivity contribution in [1.29, 1.82) is 0 Å². The average Bonchev–Trinajstić information content (AvgIpc) is 2.47. The van der Waals surface area contributed by atoms with E-state index in [1.54, 1.807) is 6.08 Å². The fourth-order valence-electron chi connectivity index (χ4n) is 2.62. The molecule has 130 valence electrons. The second-order valence-electron chi connectivity index (χ2n) is 4.95. The summed E-state index contributed by atoms with van der Waals surface area (Å²) in [5, 5.41) is 24.3. The molecule has 1 atom stereocenters. The lowest BCUT2D eigenvalue weighted by Gasteiger charge is -2.34. The monoisotopic (exact) mass is 367 g/mol. The first-order valence-corrected chi connectivity index (χ1v) is 6.77. The van der Waals surface area contributed by atoms with Crippen LogP contribution in [0.1, 0.15) is 18.0 Å². The number of piperazine rings is 1. The molecule has 1 aliphatic rings. The van der Waals surface area contributed by atoms with Crippen LogP contribution in [0, 0.1) is 15.9 Å². The molecule has 1 heterocycles. The van der Waals surface area contributed by atoms with Gasteiger partial charge in [0.25, 0.3) is 0 Å². The van der Waals surface area contributed by atoms with Gasteiger partial charge in [0.05, 0.1) is 11.0 Å². The second-order valence-corrected chi connectivity index (χ2v) is 4.95. The quantitative estimate of drug-likeness (QED) is 0.475. The van der Waals surface area contributed by atoms with E-state index in [4.69, 9.17) is 0 Å². The van der Waals surface area contributed by atoms with Crippen molar-refractivity contribution in [2.75, 3.05) is 26.2 Å². The van der Waals surface area contributed by atoms with Crippen molar-refractivity contribution < 1.29 is 14.4 Å². The molecule has 0 saturated carbocycles. The highest BCUT2D eigenvalue weighted by atomic mass is 35.5. The van der Waals surface area contributed by atoms with Gasteiger partial charge in [-0.15, -0.1) is 31.4 Å². The molecule has 1 aromatic rings. The molecule has 0 unspecified atom stereocenters. The Balaban J connectivity index is 0.00000242. The molecule has 0 bridgehead atoms. The number of halogens is 3. The Labute approximate surface area is 146 Å². The van der Waals surface area contributed by atoms with Crippen LogP contribution in [-0.4, -0.2) is 41.1 Å². The summed E-state index contributed by atoms with van der Waals surface area (Å²) in [6, 6.07) is 1.58. The maximum atomic E-state index is 13.7. The Kier molecular flexibility index (Phi) is 9.07. The van der Waals surface area contributed by atoms with Gasteiger partial charge in [-0.3, -0.25) is 15.0 Å². The zero-order valence-corrected chi connectivity index (χ0v) is 14.0. The van der Waals surface area contributed by atoms with Gasteiger partial charge in [0.1, 0.15) is 5.82 Å². The number of phenolic OH excluding ortho intramolecular Hbond substituents is 1. The van der Waals surface area contributed by atoms with E-state index in [9.17, 15) is 19.6 Å². The van der Waals surface area contributed by atoms with Crippen LogP contribution >= 0.6 is 24.8 Å². The van der Waals surface area contributed by atoms with E-state index in [1.807, 2.05) is 0 Å². The number of nitro benzene ring substituents is 1. The third kappa shape index (κ3) is 5.04. The molecule has 1 aromatic carbocycles. The smallest absolute Gasteiger partial charge is 0.313 e. The van der Waals surface area contributed by atoms with E-state index < -0.39 is 22.2 Å². The van der Waals surface area contributed by atoms with Crippen LogP contribution < -0.4 is 5.32 Å². The molecule has 1 fully saturated rings. The Morgan fingerprint density at radius 2 is 2.04 bits per heavy atom. The normalized spacial score (nSPS) is 15.9. The Hall–Kier alpha value is -1.41. The highest BCUT2D eigenvalue weighted by Crippen LogP contribution is 2.38. The molecule has 2 N–H and O–H groups in total. The van der Waals surface area contributed by atoms with Crippen LogP contribution in [0.3, 0.4) is 0 Å². The number of nitrogens with zero attached hydrogens (tertiary/aromatic N) is 2. The highest BCUT2D eigenvalue weighted by Gasteiger charge is 2.28. The van der Waals surface area contributed by atoms with Crippen LogP contribution in [0.2, 0.25) is 0 Å². The van der Waals surface area contributed by atoms with E-state index >= 15 is 0 Å². The summed E-state index contributed by atoms with van der Waals surface area (Å²) >= 11 is 0. The largest absolute Gasteiger partial charge is 0.502 e. The number of hydrogen-bond donors (Lipinski definition) is 2. The first-order chi connectivity index (χ1) is 10.0. The first kappa shape index (κ1) is 21.6. The van der Waals surface area contributed by atoms with Gasteiger partial charge in [-0.1, -0.05) is 6.08 Å². The van der Waals surface area contributed by atoms with Gasteiger partial charge >= 0.3 is 5.69 Å². The maximum absolute atomic E-state index is 13.7. The van der Waals surface area contributed by atoms with E-state index in [2.05, 4.69) is 16.8 Å². The van der Waals surface area contributed by atoms with Gasteiger partial charge in [0.15, 0.2) is 5.75 Å². The third-order valence-corrected chi connectivity index (χ3v) is 3.62. The molecule has 0 amide bonds. The van der Waals surface area contributed by atoms with Crippen LogP contribution in [0.15, 0.2) is 24.8 Å². The fraction of sp³-hybridized carbons (Fsp3) is 0.429. The fourth-order valence-corrected chi connectivity index (χ4v) is 2.62. The molecule has 0 radical (unpaired) electrons. The van der Waals surface area contributed by atoms with Crippen LogP contribution in [0.5, 0.6) is 5.75 Å². The molecule has 6 nitrogen and oxygen atoms in total. The number of benzene rings is 1. The molecule has 0 aromatic heterocycles. The predicted molar refractivity (Wildman–Crippen MR) is 91.2 cm³/mol. The van der Waals surface area contributed by atoms with Crippen LogP contribution in [0.4, 0.5) is 10.1 Å². The molecule has 9 heteroatoms. The Morgan fingerprint density at radius 1 is 1.43 bits per heavy atom. The topological polar surface area (TPSA) is 78.6 Å². The van der Waals surface area contributed by atoms with Gasteiger partial charge in [0, 0.05) is 37.8 Å². The van der Waals surface area contributed by atoms with E-state index in [0.29, 0.717) is 6.42 Å². The van der Waals surface area contributed by atoms with Crippen molar-refractivity contribution >= 4 is 30.5 Å². The number of rotatable bonds is 5. The summed E-state index contributed by atoms with van der Waals surface area (Å²) in [4.78, 5) is 12.2. The molecular formula is C14H20Cl2FN3O3. The highest BCUT2D eigenvalue weighted by molar-refractivity contribution is 5.85. The third-order valence-electron chi connectivity index (χ3n) is 3.62. The van der Waals surface area contributed by atoms with Gasteiger partial charge in [0.2, 0.25) is 0 Å². The van der Waals surface area contributed by atoms with Crippen molar-refractivity contribution in [3.63, 3.8) is 0 Å². The summed E-state index contributed by atoms with van der Waals surface area (Å²) in [7, 11) is 0. The molecule has 0 aliphatic carbocycles. The number of nitrogens with one attached hydrogen (secondary N) is 1. The lowest BCUT2D eigenvalue weighted by molar-refractivity contribution is -0.386. The van der Waals surface area contributed by atoms with Gasteiger partial charge in [-0.05, 0) is 12.5 Å². The van der Waals surface area contributed by atoms with Crippen molar-refractivity contribution in [1.82, 2.24) is 10.2 Å². The molecule has 1 aliphatic heterocycles. The van der Waals surface area contributed by atoms with Crippen molar-refractivity contribution in [3.05, 3.63) is 46.3 Å². The lowest BCUT2D eigenvalue weighted by atomic mass is 9.99. The number of nitro groups is 1. The number of hydrogen-bond acceptors (Lipinski definition) is 5. The van der Waals surface area contributed by atoms with E-state index in [0.717, 1.165) is 32.2 Å². The minimum Gasteiger partial charge on any atom is -0.502 e. The predicted octanol–water partition coefficient (Wildman–Crippen LogP) is 2.81. The summed E-state index contributed by atoms with van der Waals surface area (Å²) in [6.45, 7) is 6.69. The van der Waals surface area contributed by atoms with Crippen molar-refractivity contribution in [2.24, 2.45) is 0 Å². The lowest BCUT2D eigenvalue weighted by Crippen LogP contribution is -2.45. The van der Waals surface area contributed by atoms with Gasteiger partial charge in [-0.2, -0.15) is 0 Å². The molecule has 0 spiro atoms. The number of phenols is 1. The van der Waals surface area contributed by atoms with E-state index in [-0.39, 0.29) is 36.4 Å². The van der Waals surface area contributed by atoms with Gasteiger partial charge < -0.3 is 10.4 Å². The zero-order valence-electron chi connectivity index (χ0n) is 12.4. The minimum atomic E-state index is -0.773. The molecule has 2 rings (SSSR count). The molecule has 23 heavy (non-hydrogen) atoms. The second kappa shape index (κ2) is 9.67. The average molecular weight is 368 g/mol.